The summed E-state index contributed by atoms with van der Waals surface area (Å²) in [7, 11) is 1.59. The number of anilines is 1. The minimum Gasteiger partial charge on any atom is -0.478 e. The molecule has 0 radical (unpaired) electrons. The monoisotopic (exact) mass is 603 g/mol. The number of hydrogen-bond acceptors (Lipinski definition) is 5. The Morgan fingerprint density at radius 3 is 2.51 bits per heavy atom. The van der Waals surface area contributed by atoms with Gasteiger partial charge in [0.15, 0.2) is 0 Å². The summed E-state index contributed by atoms with van der Waals surface area (Å²) in [5.74, 6) is -1.59. The fourth-order valence-corrected chi connectivity index (χ4v) is 4.67. The number of hydrogen-bond donors (Lipinski definition) is 1. The van der Waals surface area contributed by atoms with Crippen molar-refractivity contribution in [2.75, 3.05) is 11.9 Å². The van der Waals surface area contributed by atoms with E-state index < -0.39 is 17.6 Å². The molecule has 0 atom stereocenters. The van der Waals surface area contributed by atoms with Crippen LogP contribution < -0.4 is 10.6 Å². The maximum absolute atomic E-state index is 13.1. The van der Waals surface area contributed by atoms with Gasteiger partial charge in [-0.15, -0.1) is 0 Å². The van der Waals surface area contributed by atoms with Gasteiger partial charge in [0.05, 0.1) is 28.4 Å². The summed E-state index contributed by atoms with van der Waals surface area (Å²) in [6, 6.07) is 17.0. The van der Waals surface area contributed by atoms with Crippen molar-refractivity contribution in [1.29, 1.82) is 0 Å². The maximum atomic E-state index is 13.1. The van der Waals surface area contributed by atoms with E-state index in [4.69, 9.17) is 11.6 Å². The Labute approximate surface area is 218 Å². The molecule has 4 rings (SSSR count). The lowest BCUT2D eigenvalue weighted by atomic mass is 10.0. The molecule has 0 bridgehead atoms. The molecule has 0 saturated heterocycles. The van der Waals surface area contributed by atoms with Crippen LogP contribution in [0.1, 0.15) is 31.8 Å². The van der Waals surface area contributed by atoms with Crippen molar-refractivity contribution >= 4 is 51.8 Å². The smallest absolute Gasteiger partial charge is 0.368 e. The summed E-state index contributed by atoms with van der Waals surface area (Å²) in [4.78, 5) is 39.0. The van der Waals surface area contributed by atoms with Gasteiger partial charge in [0.1, 0.15) is 0 Å². The van der Waals surface area contributed by atoms with Crippen LogP contribution in [0.25, 0.3) is 5.69 Å². The summed E-state index contributed by atoms with van der Waals surface area (Å²) in [6.07, 6.45) is 0. The van der Waals surface area contributed by atoms with Gasteiger partial charge in [-0.3, -0.25) is 4.79 Å². The normalized spacial score (nSPS) is 10.9. The summed E-state index contributed by atoms with van der Waals surface area (Å²) in [5.41, 5.74) is 2.24. The number of para-hydroxylation sites is 1. The first-order valence-electron chi connectivity index (χ1n) is 10.4. The summed E-state index contributed by atoms with van der Waals surface area (Å²) < 4.78 is 2.84. The summed E-state index contributed by atoms with van der Waals surface area (Å²) >= 11 is 8.08. The molecule has 0 aliphatic heterocycles. The second kappa shape index (κ2) is 10.0. The second-order valence-electron chi connectivity index (χ2n) is 7.73. The number of carbonyl (C=O) groups excluding carboxylic acids is 1. The number of amides is 1. The first kappa shape index (κ1) is 24.6. The minimum absolute atomic E-state index is 0.0276. The molecule has 3 aromatic carbocycles. The topological polar surface area (TPSA) is 110 Å². The zero-order chi connectivity index (χ0) is 25.3. The number of carboxylic acids is 1. The van der Waals surface area contributed by atoms with Crippen LogP contribution in [0.2, 0.25) is 5.02 Å². The van der Waals surface area contributed by atoms with Crippen LogP contribution in [0.3, 0.4) is 0 Å². The molecule has 0 aliphatic carbocycles. The number of rotatable bonds is 6. The molecule has 0 unspecified atom stereocenters. The molecule has 1 aromatic heterocycles. The van der Waals surface area contributed by atoms with Crippen molar-refractivity contribution in [2.24, 2.45) is 0 Å². The third kappa shape index (κ3) is 4.84. The molecule has 0 fully saturated rings. The Hall–Kier alpha value is -3.51. The molecule has 11 heteroatoms. The highest BCUT2D eigenvalue weighted by Gasteiger charge is 2.23. The largest absolute Gasteiger partial charge is 0.478 e. The van der Waals surface area contributed by atoms with E-state index in [1.54, 1.807) is 55.6 Å². The van der Waals surface area contributed by atoms with Gasteiger partial charge >= 0.3 is 11.7 Å². The lowest BCUT2D eigenvalue weighted by molar-refractivity contribution is 0.0691. The van der Waals surface area contributed by atoms with Crippen molar-refractivity contribution in [3.05, 3.63) is 102 Å². The molecule has 1 amide bonds. The number of aryl methyl sites for hydroxylation is 1. The highest BCUT2D eigenvalue weighted by molar-refractivity contribution is 14.1. The fraction of sp³-hybridized carbons (Fsp3) is 0.125. The van der Waals surface area contributed by atoms with E-state index in [1.807, 2.05) is 35.6 Å². The average molecular weight is 604 g/mol. The van der Waals surface area contributed by atoms with Crippen LogP contribution in [0.4, 0.5) is 5.69 Å². The van der Waals surface area contributed by atoms with Gasteiger partial charge < -0.3 is 10.0 Å². The van der Waals surface area contributed by atoms with Gasteiger partial charge in [-0.05, 0) is 81.4 Å². The van der Waals surface area contributed by atoms with Crippen LogP contribution in [0.5, 0.6) is 0 Å². The molecule has 0 spiro atoms. The van der Waals surface area contributed by atoms with Crippen LogP contribution in [0, 0.1) is 10.5 Å². The maximum Gasteiger partial charge on any atom is 0.368 e. The molecule has 1 heterocycles. The van der Waals surface area contributed by atoms with E-state index in [9.17, 15) is 19.5 Å². The highest BCUT2D eigenvalue weighted by Crippen LogP contribution is 2.25. The van der Waals surface area contributed by atoms with Gasteiger partial charge in [-0.2, -0.15) is 9.36 Å². The van der Waals surface area contributed by atoms with E-state index in [1.165, 1.54) is 15.6 Å². The Bertz CT molecular complexity index is 1510. The van der Waals surface area contributed by atoms with E-state index in [2.05, 4.69) is 10.4 Å². The third-order valence-electron chi connectivity index (χ3n) is 5.44. The predicted molar refractivity (Wildman–Crippen MR) is 140 cm³/mol. The Balaban J connectivity index is 1.59. The first-order chi connectivity index (χ1) is 16.7. The standard InChI is InChI=1S/C24H19ClIN5O4/c1-14-12-15(13-30-24(35)31(28-27-30)20-9-4-3-7-17(20)25)10-11-19(14)29(2)22(32)16-6-5-8-18(26)21(16)23(33)34/h3-12H,13H2,1-2H3,(H,33,34). The van der Waals surface area contributed by atoms with Gasteiger partial charge in [0.2, 0.25) is 0 Å². The second-order valence-corrected chi connectivity index (χ2v) is 9.30. The number of aromatic nitrogens is 4. The number of benzene rings is 3. The number of tetrazole rings is 1. The van der Waals surface area contributed by atoms with Gasteiger partial charge in [-0.1, -0.05) is 41.9 Å². The SMILES string of the molecule is Cc1cc(Cn2nnn(-c3ccccc3Cl)c2=O)ccc1N(C)C(=O)c1cccc(I)c1C(=O)O. The molecule has 9 nitrogen and oxygen atoms in total. The van der Waals surface area contributed by atoms with E-state index in [-0.39, 0.29) is 17.7 Å². The quantitative estimate of drug-likeness (QED) is 0.334. The minimum atomic E-state index is -1.16. The van der Waals surface area contributed by atoms with E-state index in [0.717, 1.165) is 15.8 Å². The summed E-state index contributed by atoms with van der Waals surface area (Å²) in [5, 5.41) is 17.8. The number of carbonyl (C=O) groups is 2. The van der Waals surface area contributed by atoms with Gasteiger partial charge in [-0.25, -0.2) is 9.59 Å². The number of nitrogens with zero attached hydrogens (tertiary/aromatic N) is 5. The molecular weight excluding hydrogens is 585 g/mol. The first-order valence-corrected chi connectivity index (χ1v) is 11.8. The molecule has 35 heavy (non-hydrogen) atoms. The fourth-order valence-electron chi connectivity index (χ4n) is 3.72. The highest BCUT2D eigenvalue weighted by atomic mass is 127. The zero-order valence-corrected chi connectivity index (χ0v) is 21.6. The lowest BCUT2D eigenvalue weighted by Crippen LogP contribution is -2.29. The molecule has 4 aromatic rings. The Morgan fingerprint density at radius 1 is 1.09 bits per heavy atom. The average Bonchev–Trinajstić information content (AvgIpc) is 3.18. The zero-order valence-electron chi connectivity index (χ0n) is 18.6. The van der Waals surface area contributed by atoms with Crippen molar-refractivity contribution < 1.29 is 14.7 Å². The van der Waals surface area contributed by atoms with Gasteiger partial charge in [0, 0.05) is 16.3 Å². The third-order valence-corrected chi connectivity index (χ3v) is 6.66. The van der Waals surface area contributed by atoms with Crippen LogP contribution in [0.15, 0.2) is 65.5 Å². The number of aromatic carboxylic acids is 1. The van der Waals surface area contributed by atoms with Gasteiger partial charge in [0.25, 0.3) is 5.91 Å². The van der Waals surface area contributed by atoms with Crippen LogP contribution >= 0.6 is 34.2 Å². The van der Waals surface area contributed by atoms with Crippen molar-refractivity contribution in [3.63, 3.8) is 0 Å². The Morgan fingerprint density at radius 2 is 1.83 bits per heavy atom. The van der Waals surface area contributed by atoms with Crippen molar-refractivity contribution in [2.45, 2.75) is 13.5 Å². The molecule has 1 N–H and O–H groups in total. The molecule has 178 valence electrons. The van der Waals surface area contributed by atoms with E-state index in [0.29, 0.717) is 20.0 Å². The predicted octanol–water partition coefficient (Wildman–Crippen LogP) is 4.02. The van der Waals surface area contributed by atoms with Crippen LogP contribution in [-0.2, 0) is 6.54 Å². The lowest BCUT2D eigenvalue weighted by Gasteiger charge is -2.21. The van der Waals surface area contributed by atoms with E-state index >= 15 is 0 Å². The number of carboxylic acid groups (broad SMARTS) is 1. The van der Waals surface area contributed by atoms with Crippen LogP contribution in [-0.4, -0.2) is 43.8 Å². The summed E-state index contributed by atoms with van der Waals surface area (Å²) in [6.45, 7) is 2.00. The Kier molecular flexibility index (Phi) is 7.03. The number of halogens is 2. The van der Waals surface area contributed by atoms with Crippen molar-refractivity contribution in [1.82, 2.24) is 19.8 Å². The molecule has 0 aliphatic rings. The molecule has 0 saturated carbocycles. The van der Waals surface area contributed by atoms with Crippen molar-refractivity contribution in [3.8, 4) is 5.69 Å². The molecular formula is C24H19ClIN5O4.